The van der Waals surface area contributed by atoms with Gasteiger partial charge in [-0.05, 0) is 57.3 Å². The number of furan rings is 1. The SMILES string of the molecule is CNS(=O)(=O)c1ccc(C(=O)N2CCCC(CNC(=O)C3CCCN3)C2)o1.Cl. The summed E-state index contributed by atoms with van der Waals surface area (Å²) in [6.45, 7) is 2.49. The molecule has 28 heavy (non-hydrogen) atoms. The Balaban J connectivity index is 0.00000280. The Kier molecular flexibility index (Phi) is 7.87. The highest BCUT2D eigenvalue weighted by Crippen LogP contribution is 2.21. The van der Waals surface area contributed by atoms with Crippen molar-refractivity contribution in [2.45, 2.75) is 36.8 Å². The molecule has 2 fully saturated rings. The second kappa shape index (κ2) is 9.73. The molecule has 2 atom stereocenters. The number of carbonyl (C=O) groups excluding carboxylic acids is 2. The van der Waals surface area contributed by atoms with Crippen molar-refractivity contribution in [2.75, 3.05) is 33.2 Å². The number of rotatable bonds is 6. The molecule has 11 heteroatoms. The normalized spacial score (nSPS) is 22.5. The minimum absolute atomic E-state index is 0. The van der Waals surface area contributed by atoms with Gasteiger partial charge in [-0.25, -0.2) is 13.1 Å². The van der Waals surface area contributed by atoms with E-state index in [-0.39, 0.29) is 47.0 Å². The first-order chi connectivity index (χ1) is 12.9. The molecule has 0 aliphatic carbocycles. The number of hydrogen-bond donors (Lipinski definition) is 3. The summed E-state index contributed by atoms with van der Waals surface area (Å²) in [5.41, 5.74) is 0. The Bertz CT molecular complexity index is 791. The first-order valence-corrected chi connectivity index (χ1v) is 10.7. The quantitative estimate of drug-likeness (QED) is 0.593. The number of carbonyl (C=O) groups is 2. The van der Waals surface area contributed by atoms with Gasteiger partial charge in [0.05, 0.1) is 6.04 Å². The monoisotopic (exact) mass is 434 g/mol. The molecule has 0 saturated carbocycles. The van der Waals surface area contributed by atoms with E-state index in [0.29, 0.717) is 19.6 Å². The summed E-state index contributed by atoms with van der Waals surface area (Å²) in [7, 11) is -2.44. The molecule has 3 heterocycles. The highest BCUT2D eigenvalue weighted by molar-refractivity contribution is 7.89. The zero-order chi connectivity index (χ0) is 19.4. The van der Waals surface area contributed by atoms with E-state index in [1.807, 2.05) is 0 Å². The third kappa shape index (κ3) is 5.25. The van der Waals surface area contributed by atoms with Gasteiger partial charge in [-0.15, -0.1) is 12.4 Å². The number of amides is 2. The molecule has 1 aromatic rings. The van der Waals surface area contributed by atoms with Gasteiger partial charge in [0.2, 0.25) is 11.0 Å². The first kappa shape index (κ1) is 22.7. The lowest BCUT2D eigenvalue weighted by atomic mass is 9.97. The van der Waals surface area contributed by atoms with Crippen LogP contribution in [0.3, 0.4) is 0 Å². The number of nitrogens with one attached hydrogen (secondary N) is 3. The van der Waals surface area contributed by atoms with Crippen molar-refractivity contribution in [2.24, 2.45) is 5.92 Å². The predicted octanol–water partition coefficient (Wildman–Crippen LogP) is 0.330. The molecule has 1 aromatic heterocycles. The van der Waals surface area contributed by atoms with Gasteiger partial charge in [0.1, 0.15) is 0 Å². The maximum atomic E-state index is 12.6. The summed E-state index contributed by atoms with van der Waals surface area (Å²) < 4.78 is 30.9. The van der Waals surface area contributed by atoms with Crippen LogP contribution >= 0.6 is 12.4 Å². The maximum Gasteiger partial charge on any atom is 0.289 e. The molecule has 0 radical (unpaired) electrons. The molecule has 0 spiro atoms. The summed E-state index contributed by atoms with van der Waals surface area (Å²) in [6, 6.07) is 2.54. The fraction of sp³-hybridized carbons (Fsp3) is 0.647. The van der Waals surface area contributed by atoms with Crippen LogP contribution in [-0.4, -0.2) is 64.4 Å². The molecule has 2 amide bonds. The molecule has 0 bridgehead atoms. The molecule has 9 nitrogen and oxygen atoms in total. The van der Waals surface area contributed by atoms with E-state index < -0.39 is 10.0 Å². The van der Waals surface area contributed by atoms with Crippen molar-refractivity contribution >= 4 is 34.2 Å². The Morgan fingerprint density at radius 2 is 2.07 bits per heavy atom. The van der Waals surface area contributed by atoms with Crippen LogP contribution in [0, 0.1) is 5.92 Å². The largest absolute Gasteiger partial charge is 0.438 e. The molecular formula is C17H27ClN4O5S. The summed E-state index contributed by atoms with van der Waals surface area (Å²) in [5.74, 6) is -0.142. The van der Waals surface area contributed by atoms with Gasteiger partial charge in [-0.3, -0.25) is 9.59 Å². The van der Waals surface area contributed by atoms with E-state index >= 15 is 0 Å². The van der Waals surface area contributed by atoms with Crippen LogP contribution in [-0.2, 0) is 14.8 Å². The number of likely N-dealkylation sites (tertiary alicyclic amines) is 1. The zero-order valence-electron chi connectivity index (χ0n) is 15.8. The average molecular weight is 435 g/mol. The van der Waals surface area contributed by atoms with Crippen molar-refractivity contribution in [1.29, 1.82) is 0 Å². The van der Waals surface area contributed by atoms with E-state index in [2.05, 4.69) is 15.4 Å². The lowest BCUT2D eigenvalue weighted by Crippen LogP contribution is -2.46. The topological polar surface area (TPSA) is 121 Å². The third-order valence-corrected chi connectivity index (χ3v) is 6.36. The molecule has 0 aromatic carbocycles. The van der Waals surface area contributed by atoms with Gasteiger partial charge >= 0.3 is 0 Å². The molecular weight excluding hydrogens is 408 g/mol. The number of halogens is 1. The minimum atomic E-state index is -3.72. The number of hydrogen-bond acceptors (Lipinski definition) is 6. The van der Waals surface area contributed by atoms with E-state index in [9.17, 15) is 18.0 Å². The molecule has 158 valence electrons. The fourth-order valence-corrected chi connectivity index (χ4v) is 4.18. The van der Waals surface area contributed by atoms with Crippen LogP contribution in [0.2, 0.25) is 0 Å². The third-order valence-electron chi connectivity index (χ3n) is 5.07. The Labute approximate surface area is 171 Å². The van der Waals surface area contributed by atoms with Crippen LogP contribution in [0.1, 0.15) is 36.2 Å². The predicted molar refractivity (Wildman–Crippen MR) is 105 cm³/mol. The molecule has 3 rings (SSSR count). The van der Waals surface area contributed by atoms with Gasteiger partial charge in [-0.2, -0.15) is 0 Å². The van der Waals surface area contributed by atoms with Crippen LogP contribution < -0.4 is 15.4 Å². The molecule has 2 unspecified atom stereocenters. The highest BCUT2D eigenvalue weighted by Gasteiger charge is 2.29. The van der Waals surface area contributed by atoms with Crippen molar-refractivity contribution in [3.05, 3.63) is 17.9 Å². The van der Waals surface area contributed by atoms with E-state index in [4.69, 9.17) is 4.42 Å². The van der Waals surface area contributed by atoms with Crippen molar-refractivity contribution in [3.8, 4) is 0 Å². The summed E-state index contributed by atoms with van der Waals surface area (Å²) >= 11 is 0. The number of sulfonamides is 1. The minimum Gasteiger partial charge on any atom is -0.438 e. The van der Waals surface area contributed by atoms with E-state index in [1.54, 1.807) is 4.90 Å². The Hall–Kier alpha value is -1.62. The maximum absolute atomic E-state index is 12.6. The fourth-order valence-electron chi connectivity index (χ4n) is 3.53. The van der Waals surface area contributed by atoms with E-state index in [1.165, 1.54) is 19.2 Å². The molecule has 2 saturated heterocycles. The summed E-state index contributed by atoms with van der Waals surface area (Å²) in [5, 5.41) is 5.86. The van der Waals surface area contributed by atoms with Crippen LogP contribution in [0.25, 0.3) is 0 Å². The van der Waals surface area contributed by atoms with Gasteiger partial charge in [0.15, 0.2) is 5.76 Å². The summed E-state index contributed by atoms with van der Waals surface area (Å²) in [6.07, 6.45) is 3.63. The lowest BCUT2D eigenvalue weighted by molar-refractivity contribution is -0.123. The molecule has 2 aliphatic heterocycles. The Morgan fingerprint density at radius 3 is 2.75 bits per heavy atom. The second-order valence-corrected chi connectivity index (χ2v) is 8.80. The standard InChI is InChI=1S/C17H26N4O5S.ClH/c1-18-27(24,25)15-7-6-14(26-15)17(23)21-9-3-4-12(11-21)10-20-16(22)13-5-2-8-19-13;/h6-7,12-13,18-19H,2-5,8-11H2,1H3,(H,20,22);1H. The van der Waals surface area contributed by atoms with Crippen LogP contribution in [0.15, 0.2) is 21.6 Å². The zero-order valence-corrected chi connectivity index (χ0v) is 17.4. The van der Waals surface area contributed by atoms with Gasteiger partial charge in [-0.1, -0.05) is 0 Å². The second-order valence-electron chi connectivity index (χ2n) is 6.98. The van der Waals surface area contributed by atoms with Crippen molar-refractivity contribution < 1.29 is 22.4 Å². The average Bonchev–Trinajstić information content (AvgIpc) is 3.38. The van der Waals surface area contributed by atoms with E-state index in [0.717, 1.165) is 32.2 Å². The van der Waals surface area contributed by atoms with Crippen molar-refractivity contribution in [1.82, 2.24) is 20.3 Å². The highest BCUT2D eigenvalue weighted by atomic mass is 35.5. The molecule has 2 aliphatic rings. The number of nitrogens with zero attached hydrogens (tertiary/aromatic N) is 1. The van der Waals surface area contributed by atoms with Crippen LogP contribution in [0.4, 0.5) is 0 Å². The lowest BCUT2D eigenvalue weighted by Gasteiger charge is -2.32. The number of piperidine rings is 1. The Morgan fingerprint density at radius 1 is 1.29 bits per heavy atom. The van der Waals surface area contributed by atoms with Gasteiger partial charge in [0, 0.05) is 19.6 Å². The summed E-state index contributed by atoms with van der Waals surface area (Å²) in [4.78, 5) is 26.4. The molecule has 3 N–H and O–H groups in total. The van der Waals surface area contributed by atoms with Gasteiger partial charge in [0.25, 0.3) is 15.9 Å². The first-order valence-electron chi connectivity index (χ1n) is 9.24. The van der Waals surface area contributed by atoms with Gasteiger partial charge < -0.3 is 20.0 Å². The smallest absolute Gasteiger partial charge is 0.289 e. The van der Waals surface area contributed by atoms with Crippen LogP contribution in [0.5, 0.6) is 0 Å². The van der Waals surface area contributed by atoms with Crippen molar-refractivity contribution in [3.63, 3.8) is 0 Å².